The Hall–Kier alpha value is -3.82. The van der Waals surface area contributed by atoms with E-state index in [0.29, 0.717) is 0 Å². The van der Waals surface area contributed by atoms with Crippen LogP contribution < -0.4 is 5.32 Å². The van der Waals surface area contributed by atoms with Crippen molar-refractivity contribution in [1.82, 2.24) is 14.5 Å². The number of fused-ring (bicyclic) bond motifs is 1. The second kappa shape index (κ2) is 7.21. The zero-order valence-electron chi connectivity index (χ0n) is 14.9. The van der Waals surface area contributed by atoms with Crippen LogP contribution in [0.25, 0.3) is 16.9 Å². The molecule has 0 aliphatic rings. The number of benzene rings is 2. The number of aromatic nitrogens is 3. The van der Waals surface area contributed by atoms with Gasteiger partial charge in [0.05, 0.1) is 28.5 Å². The molecule has 0 saturated heterocycles. The van der Waals surface area contributed by atoms with Crippen molar-refractivity contribution in [2.24, 2.45) is 0 Å². The number of para-hydroxylation sites is 2. The molecule has 1 N–H and O–H groups in total. The molecule has 0 atom stereocenters. The first-order valence-electron chi connectivity index (χ1n) is 8.52. The molecule has 4 aromatic rings. The normalized spacial score (nSPS) is 11.6. The van der Waals surface area contributed by atoms with Gasteiger partial charge in [-0.2, -0.15) is 13.2 Å². The maximum atomic E-state index is 13.7. The molecule has 2 aromatic heterocycles. The highest BCUT2D eigenvalue weighted by Crippen LogP contribution is 2.33. The average molecular weight is 418 g/mol. The fraction of sp³-hybridized carbons (Fsp3) is 0.0500. The molecule has 0 aliphatic carbocycles. The summed E-state index contributed by atoms with van der Waals surface area (Å²) in [4.78, 5) is 19.8. The highest BCUT2D eigenvalue weighted by molar-refractivity contribution is 6.04. The molecule has 10 heteroatoms. The lowest BCUT2D eigenvalue weighted by molar-refractivity contribution is -0.145. The van der Waals surface area contributed by atoms with Crippen LogP contribution in [0.5, 0.6) is 0 Å². The minimum Gasteiger partial charge on any atom is -0.320 e. The van der Waals surface area contributed by atoms with Crippen LogP contribution in [0.4, 0.5) is 27.6 Å². The fourth-order valence-corrected chi connectivity index (χ4v) is 2.92. The van der Waals surface area contributed by atoms with E-state index in [0.717, 1.165) is 22.9 Å². The largest absolute Gasteiger partial charge is 0.450 e. The minimum atomic E-state index is -4.72. The first-order chi connectivity index (χ1) is 14.3. The summed E-state index contributed by atoms with van der Waals surface area (Å²) in [5, 5.41) is 2.33. The lowest BCUT2D eigenvalue weighted by Crippen LogP contribution is -2.16. The molecular weight excluding hydrogens is 407 g/mol. The van der Waals surface area contributed by atoms with Crippen molar-refractivity contribution in [2.45, 2.75) is 6.18 Å². The van der Waals surface area contributed by atoms with Crippen LogP contribution in [0.1, 0.15) is 16.2 Å². The van der Waals surface area contributed by atoms with E-state index in [1.54, 1.807) is 12.1 Å². The summed E-state index contributed by atoms with van der Waals surface area (Å²) in [6, 6.07) is 11.8. The number of hydrogen-bond acceptors (Lipinski definition) is 3. The van der Waals surface area contributed by atoms with Crippen molar-refractivity contribution in [2.75, 3.05) is 5.32 Å². The molecule has 0 aliphatic heterocycles. The summed E-state index contributed by atoms with van der Waals surface area (Å²) in [6.07, 6.45) is -3.61. The van der Waals surface area contributed by atoms with Crippen molar-refractivity contribution in [1.29, 1.82) is 0 Å². The van der Waals surface area contributed by atoms with Crippen LogP contribution in [-0.2, 0) is 6.18 Å². The topological polar surface area (TPSA) is 59.8 Å². The Morgan fingerprint density at radius 1 is 0.967 bits per heavy atom. The molecule has 0 bridgehead atoms. The number of carbonyl (C=O) groups is 1. The van der Waals surface area contributed by atoms with Crippen molar-refractivity contribution in [3.05, 3.63) is 83.8 Å². The zero-order valence-corrected chi connectivity index (χ0v) is 14.9. The van der Waals surface area contributed by atoms with E-state index in [9.17, 15) is 26.7 Å². The fourth-order valence-electron chi connectivity index (χ4n) is 2.92. The van der Waals surface area contributed by atoms with Crippen LogP contribution in [0, 0.1) is 11.6 Å². The van der Waals surface area contributed by atoms with Gasteiger partial charge in [-0.1, -0.05) is 18.2 Å². The Kier molecular flexibility index (Phi) is 4.69. The maximum Gasteiger partial charge on any atom is 0.450 e. The van der Waals surface area contributed by atoms with E-state index in [2.05, 4.69) is 15.3 Å². The van der Waals surface area contributed by atoms with Gasteiger partial charge in [-0.05, 0) is 36.4 Å². The first-order valence-corrected chi connectivity index (χ1v) is 8.52. The number of pyridine rings is 1. The van der Waals surface area contributed by atoms with Crippen molar-refractivity contribution < 1.29 is 26.7 Å². The predicted octanol–water partition coefficient (Wildman–Crippen LogP) is 4.97. The van der Waals surface area contributed by atoms with Crippen LogP contribution in [0.2, 0.25) is 0 Å². The number of nitrogens with one attached hydrogen (secondary N) is 1. The van der Waals surface area contributed by atoms with Crippen LogP contribution in [0.15, 0.2) is 60.8 Å². The Bertz CT molecular complexity index is 1250. The average Bonchev–Trinajstić information content (AvgIpc) is 3.11. The first kappa shape index (κ1) is 19.5. The van der Waals surface area contributed by atoms with Gasteiger partial charge in [-0.15, -0.1) is 0 Å². The number of amides is 1. The van der Waals surface area contributed by atoms with Gasteiger partial charge in [0.1, 0.15) is 5.82 Å². The van der Waals surface area contributed by atoms with E-state index in [4.69, 9.17) is 0 Å². The Morgan fingerprint density at radius 3 is 2.43 bits per heavy atom. The summed E-state index contributed by atoms with van der Waals surface area (Å²) in [6.45, 7) is 0. The Labute approximate surface area is 165 Å². The molecule has 5 nitrogen and oxygen atoms in total. The summed E-state index contributed by atoms with van der Waals surface area (Å²) in [7, 11) is 0. The zero-order chi connectivity index (χ0) is 21.5. The van der Waals surface area contributed by atoms with E-state index in [1.165, 1.54) is 30.3 Å². The minimum absolute atomic E-state index is 0.0778. The monoisotopic (exact) mass is 418 g/mol. The SMILES string of the molecule is O=C(Nc1ccc(-n2c(C(F)(F)F)nc3ccccc32)nc1)c1cccc(F)c1F. The third-order valence-electron chi connectivity index (χ3n) is 4.25. The predicted molar refractivity (Wildman–Crippen MR) is 98.2 cm³/mol. The van der Waals surface area contributed by atoms with Crippen LogP contribution in [0.3, 0.4) is 0 Å². The van der Waals surface area contributed by atoms with Gasteiger partial charge in [0.2, 0.25) is 5.82 Å². The summed E-state index contributed by atoms with van der Waals surface area (Å²) in [5.74, 6) is -4.63. The number of alkyl halides is 3. The molecular formula is C20H11F5N4O. The van der Waals surface area contributed by atoms with Gasteiger partial charge < -0.3 is 5.32 Å². The molecule has 4 rings (SSSR count). The van der Waals surface area contributed by atoms with E-state index in [1.807, 2.05) is 0 Å². The molecule has 2 heterocycles. The number of nitrogens with zero attached hydrogens (tertiary/aromatic N) is 3. The lowest BCUT2D eigenvalue weighted by atomic mass is 10.2. The molecule has 0 fully saturated rings. The third kappa shape index (κ3) is 3.47. The second-order valence-corrected chi connectivity index (χ2v) is 6.22. The van der Waals surface area contributed by atoms with Crippen molar-refractivity contribution in [3.8, 4) is 5.82 Å². The highest BCUT2D eigenvalue weighted by atomic mass is 19.4. The summed E-state index contributed by atoms with van der Waals surface area (Å²) < 4.78 is 68.2. The number of imidazole rings is 1. The highest BCUT2D eigenvalue weighted by Gasteiger charge is 2.38. The molecule has 30 heavy (non-hydrogen) atoms. The number of carbonyl (C=O) groups excluding carboxylic acids is 1. The van der Waals surface area contributed by atoms with Gasteiger partial charge in [-0.3, -0.25) is 9.36 Å². The Morgan fingerprint density at radius 2 is 1.73 bits per heavy atom. The lowest BCUT2D eigenvalue weighted by Gasteiger charge is -2.11. The number of hydrogen-bond donors (Lipinski definition) is 1. The smallest absolute Gasteiger partial charge is 0.320 e. The van der Waals surface area contributed by atoms with Crippen LogP contribution >= 0.6 is 0 Å². The standard InChI is InChI=1S/C20H11F5N4O/c21-13-5-3-4-12(17(13)22)18(30)27-11-8-9-16(26-10-11)29-15-7-2-1-6-14(15)28-19(29)20(23,24)25/h1-10H,(H,27,30). The molecule has 0 unspecified atom stereocenters. The maximum absolute atomic E-state index is 13.7. The Balaban J connectivity index is 1.68. The van der Waals surface area contributed by atoms with Gasteiger partial charge in [-0.25, -0.2) is 18.7 Å². The van der Waals surface area contributed by atoms with Crippen LogP contribution in [-0.4, -0.2) is 20.4 Å². The number of halogens is 5. The van der Waals surface area contributed by atoms with Gasteiger partial charge in [0, 0.05) is 0 Å². The van der Waals surface area contributed by atoms with Gasteiger partial charge in [0.25, 0.3) is 5.91 Å². The molecule has 2 aromatic carbocycles. The van der Waals surface area contributed by atoms with E-state index in [-0.39, 0.29) is 22.5 Å². The summed E-state index contributed by atoms with van der Waals surface area (Å²) >= 11 is 0. The molecule has 0 saturated carbocycles. The third-order valence-corrected chi connectivity index (χ3v) is 4.25. The van der Waals surface area contributed by atoms with Gasteiger partial charge >= 0.3 is 6.18 Å². The van der Waals surface area contributed by atoms with Crippen molar-refractivity contribution >= 4 is 22.6 Å². The summed E-state index contributed by atoms with van der Waals surface area (Å²) in [5.41, 5.74) is -0.0778. The number of anilines is 1. The molecule has 0 spiro atoms. The quantitative estimate of drug-likeness (QED) is 0.478. The van der Waals surface area contributed by atoms with E-state index < -0.39 is 35.1 Å². The van der Waals surface area contributed by atoms with E-state index >= 15 is 0 Å². The number of rotatable bonds is 3. The van der Waals surface area contributed by atoms with Crippen molar-refractivity contribution in [3.63, 3.8) is 0 Å². The van der Waals surface area contributed by atoms with Gasteiger partial charge in [0.15, 0.2) is 11.6 Å². The molecule has 1 amide bonds. The molecule has 0 radical (unpaired) electrons. The molecule has 152 valence electrons. The second-order valence-electron chi connectivity index (χ2n) is 6.22.